The third-order valence-corrected chi connectivity index (χ3v) is 3.83. The number of phenols is 1. The van der Waals surface area contributed by atoms with Crippen molar-refractivity contribution in [3.8, 4) is 17.2 Å². The van der Waals surface area contributed by atoms with Crippen LogP contribution < -0.4 is 15.1 Å². The fourth-order valence-corrected chi connectivity index (χ4v) is 2.57. The first-order valence-electron chi connectivity index (χ1n) is 7.73. The minimum atomic E-state index is -0.768. The molecule has 132 valence electrons. The van der Waals surface area contributed by atoms with Gasteiger partial charge in [0.15, 0.2) is 17.3 Å². The number of allylic oxidation sites excluding steroid dienone is 1. The molecule has 3 aromatic rings. The molecular weight excluding hydrogens is 336 g/mol. The molecule has 0 aliphatic carbocycles. The number of phenolic OH excluding ortho intramolecular Hbond substituents is 1. The van der Waals surface area contributed by atoms with Gasteiger partial charge in [-0.3, -0.25) is 4.79 Å². The number of para-hydroxylation sites is 1. The molecule has 0 spiro atoms. The maximum Gasteiger partial charge on any atom is 0.347 e. The number of rotatable bonds is 5. The SMILES string of the molecule is COc1cccc(/C=C/C(=O)c2cc3ccc(O)cc3oc2=O)c1OC. The van der Waals surface area contributed by atoms with Crippen molar-refractivity contribution in [1.29, 1.82) is 0 Å². The van der Waals surface area contributed by atoms with Gasteiger partial charge in [-0.15, -0.1) is 0 Å². The number of aromatic hydroxyl groups is 1. The molecule has 1 aromatic heterocycles. The summed E-state index contributed by atoms with van der Waals surface area (Å²) >= 11 is 0. The largest absolute Gasteiger partial charge is 0.508 e. The monoisotopic (exact) mass is 352 g/mol. The first-order chi connectivity index (χ1) is 12.5. The van der Waals surface area contributed by atoms with Crippen molar-refractivity contribution >= 4 is 22.8 Å². The standard InChI is InChI=1S/C20H16O6/c1-24-17-5-3-4-12(19(17)25-2)7-9-16(22)15-10-13-6-8-14(21)11-18(13)26-20(15)23/h3-11,21H,1-2H3/b9-7+. The quantitative estimate of drug-likeness (QED) is 0.430. The lowest BCUT2D eigenvalue weighted by Crippen LogP contribution is -2.11. The van der Waals surface area contributed by atoms with E-state index in [4.69, 9.17) is 13.9 Å². The lowest BCUT2D eigenvalue weighted by Gasteiger charge is -2.09. The fourth-order valence-electron chi connectivity index (χ4n) is 2.57. The maximum absolute atomic E-state index is 12.4. The predicted octanol–water partition coefficient (Wildman–Crippen LogP) is 3.41. The zero-order chi connectivity index (χ0) is 18.7. The average molecular weight is 352 g/mol. The van der Waals surface area contributed by atoms with Gasteiger partial charge in [-0.1, -0.05) is 12.1 Å². The summed E-state index contributed by atoms with van der Waals surface area (Å²) in [5.74, 6) is 0.496. The summed E-state index contributed by atoms with van der Waals surface area (Å²) in [5.41, 5.74) is -0.0167. The normalized spacial score (nSPS) is 11.0. The second-order valence-electron chi connectivity index (χ2n) is 5.45. The minimum absolute atomic E-state index is 0.0234. The number of hydrogen-bond acceptors (Lipinski definition) is 6. The number of ketones is 1. The highest BCUT2D eigenvalue weighted by Crippen LogP contribution is 2.31. The van der Waals surface area contributed by atoms with Crippen LogP contribution in [-0.2, 0) is 0 Å². The van der Waals surface area contributed by atoms with E-state index in [1.165, 1.54) is 38.5 Å². The molecule has 0 atom stereocenters. The number of methoxy groups -OCH3 is 2. The Morgan fingerprint density at radius 1 is 1.12 bits per heavy atom. The highest BCUT2D eigenvalue weighted by Gasteiger charge is 2.13. The molecule has 0 fully saturated rings. The summed E-state index contributed by atoms with van der Waals surface area (Å²) in [7, 11) is 3.03. The van der Waals surface area contributed by atoms with Crippen LogP contribution in [-0.4, -0.2) is 25.1 Å². The Hall–Kier alpha value is -3.54. The van der Waals surface area contributed by atoms with Crippen LogP contribution in [0.3, 0.4) is 0 Å². The average Bonchev–Trinajstić information content (AvgIpc) is 2.64. The van der Waals surface area contributed by atoms with Gasteiger partial charge in [-0.2, -0.15) is 0 Å². The van der Waals surface area contributed by atoms with E-state index >= 15 is 0 Å². The second-order valence-corrected chi connectivity index (χ2v) is 5.45. The van der Waals surface area contributed by atoms with Crippen LogP contribution in [0.25, 0.3) is 17.0 Å². The van der Waals surface area contributed by atoms with Crippen LogP contribution in [0, 0.1) is 0 Å². The smallest absolute Gasteiger partial charge is 0.347 e. The van der Waals surface area contributed by atoms with Crippen LogP contribution in [0.2, 0.25) is 0 Å². The second kappa shape index (κ2) is 7.14. The van der Waals surface area contributed by atoms with Crippen molar-refractivity contribution in [2.45, 2.75) is 0 Å². The first-order valence-corrected chi connectivity index (χ1v) is 7.73. The van der Waals surface area contributed by atoms with E-state index in [0.29, 0.717) is 22.4 Å². The maximum atomic E-state index is 12.4. The van der Waals surface area contributed by atoms with Crippen molar-refractivity contribution in [3.63, 3.8) is 0 Å². The molecule has 0 amide bonds. The van der Waals surface area contributed by atoms with Gasteiger partial charge in [0.25, 0.3) is 0 Å². The number of hydrogen-bond donors (Lipinski definition) is 1. The third kappa shape index (κ3) is 3.30. The number of carbonyl (C=O) groups excluding carboxylic acids is 1. The molecule has 6 nitrogen and oxygen atoms in total. The molecule has 6 heteroatoms. The van der Waals surface area contributed by atoms with E-state index in [0.717, 1.165) is 0 Å². The summed E-state index contributed by atoms with van der Waals surface area (Å²) in [6.45, 7) is 0. The molecular formula is C20H16O6. The number of carbonyl (C=O) groups is 1. The molecule has 26 heavy (non-hydrogen) atoms. The number of ether oxygens (including phenoxy) is 2. The molecule has 3 rings (SSSR count). The lowest BCUT2D eigenvalue weighted by atomic mass is 10.1. The van der Waals surface area contributed by atoms with Gasteiger partial charge in [0.05, 0.1) is 14.2 Å². The fraction of sp³-hybridized carbons (Fsp3) is 0.100. The highest BCUT2D eigenvalue weighted by molar-refractivity contribution is 6.08. The van der Waals surface area contributed by atoms with Crippen LogP contribution >= 0.6 is 0 Å². The minimum Gasteiger partial charge on any atom is -0.508 e. The topological polar surface area (TPSA) is 86.0 Å². The summed E-state index contributed by atoms with van der Waals surface area (Å²) in [6.07, 6.45) is 2.82. The third-order valence-electron chi connectivity index (χ3n) is 3.83. The van der Waals surface area contributed by atoms with Crippen molar-refractivity contribution in [1.82, 2.24) is 0 Å². The lowest BCUT2D eigenvalue weighted by molar-refractivity contribution is 0.104. The zero-order valence-electron chi connectivity index (χ0n) is 14.2. The Bertz CT molecular complexity index is 1060. The van der Waals surface area contributed by atoms with Gasteiger partial charge < -0.3 is 19.0 Å². The van der Waals surface area contributed by atoms with E-state index in [1.807, 2.05) is 0 Å². The molecule has 0 unspecified atom stereocenters. The Morgan fingerprint density at radius 3 is 2.65 bits per heavy atom. The van der Waals surface area contributed by atoms with E-state index in [2.05, 4.69) is 0 Å². The van der Waals surface area contributed by atoms with Gasteiger partial charge in [0, 0.05) is 17.0 Å². The van der Waals surface area contributed by atoms with Crippen molar-refractivity contribution in [3.05, 3.63) is 70.1 Å². The van der Waals surface area contributed by atoms with Gasteiger partial charge in [0.1, 0.15) is 16.9 Å². The molecule has 1 heterocycles. The molecule has 0 aliphatic heterocycles. The van der Waals surface area contributed by atoms with Crippen LogP contribution in [0.4, 0.5) is 0 Å². The Balaban J connectivity index is 1.97. The predicted molar refractivity (Wildman–Crippen MR) is 97.1 cm³/mol. The summed E-state index contributed by atoms with van der Waals surface area (Å²) in [5, 5.41) is 9.98. The molecule has 0 bridgehead atoms. The Morgan fingerprint density at radius 2 is 1.92 bits per heavy atom. The van der Waals surface area contributed by atoms with E-state index < -0.39 is 11.4 Å². The molecule has 2 aromatic carbocycles. The summed E-state index contributed by atoms with van der Waals surface area (Å²) in [6, 6.07) is 11.1. The van der Waals surface area contributed by atoms with Gasteiger partial charge in [-0.25, -0.2) is 4.79 Å². The van der Waals surface area contributed by atoms with Crippen molar-refractivity contribution in [2.75, 3.05) is 14.2 Å². The van der Waals surface area contributed by atoms with E-state index in [9.17, 15) is 14.7 Å². The van der Waals surface area contributed by atoms with Gasteiger partial charge in [-0.05, 0) is 36.4 Å². The summed E-state index contributed by atoms with van der Waals surface area (Å²) < 4.78 is 15.6. The Kier molecular flexibility index (Phi) is 4.75. The summed E-state index contributed by atoms with van der Waals surface area (Å²) in [4.78, 5) is 24.5. The zero-order valence-corrected chi connectivity index (χ0v) is 14.2. The number of benzene rings is 2. The van der Waals surface area contributed by atoms with E-state index in [1.54, 1.807) is 30.3 Å². The first kappa shape index (κ1) is 17.3. The van der Waals surface area contributed by atoms with Gasteiger partial charge in [0.2, 0.25) is 0 Å². The van der Waals surface area contributed by atoms with E-state index in [-0.39, 0.29) is 16.9 Å². The van der Waals surface area contributed by atoms with Crippen molar-refractivity contribution < 1.29 is 23.8 Å². The molecule has 0 aliphatic rings. The molecule has 1 N–H and O–H groups in total. The number of fused-ring (bicyclic) bond motifs is 1. The van der Waals surface area contributed by atoms with Crippen LogP contribution in [0.1, 0.15) is 15.9 Å². The molecule has 0 saturated heterocycles. The molecule has 0 saturated carbocycles. The van der Waals surface area contributed by atoms with Gasteiger partial charge >= 0.3 is 5.63 Å². The van der Waals surface area contributed by atoms with Crippen molar-refractivity contribution in [2.24, 2.45) is 0 Å². The van der Waals surface area contributed by atoms with Crippen LogP contribution in [0.15, 0.2) is 57.8 Å². The molecule has 0 radical (unpaired) electrons. The Labute approximate surface area is 148 Å². The van der Waals surface area contributed by atoms with Crippen LogP contribution in [0.5, 0.6) is 17.2 Å². The highest BCUT2D eigenvalue weighted by atomic mass is 16.5.